The van der Waals surface area contributed by atoms with Gasteiger partial charge in [0.05, 0.1) is 6.26 Å². The molecule has 0 saturated heterocycles. The summed E-state index contributed by atoms with van der Waals surface area (Å²) in [4.78, 5) is 8.43. The van der Waals surface area contributed by atoms with E-state index in [9.17, 15) is 13.2 Å². The van der Waals surface area contributed by atoms with Gasteiger partial charge >= 0.3 is 6.36 Å². The second-order valence-corrected chi connectivity index (χ2v) is 5.49. The average molecular weight is 367 g/mol. The number of aliphatic imine (C=N–C) groups is 2. The number of halogens is 3. The predicted molar refractivity (Wildman–Crippen MR) is 88.9 cm³/mol. The number of nitrogens with zero attached hydrogens (tertiary/aromatic N) is 2. The van der Waals surface area contributed by atoms with Crippen LogP contribution in [-0.2, 0) is 15.1 Å². The Morgan fingerprint density at radius 3 is 2.50 bits per heavy atom. The number of nitrogens with two attached hydrogens (primary N) is 1. The van der Waals surface area contributed by atoms with E-state index >= 15 is 0 Å². The van der Waals surface area contributed by atoms with Crippen LogP contribution < -0.4 is 10.5 Å². The molecule has 0 aromatic heterocycles. The van der Waals surface area contributed by atoms with Crippen LogP contribution in [0, 0.1) is 0 Å². The number of methoxy groups -OCH3 is 1. The highest BCUT2D eigenvalue weighted by atomic mass is 19.4. The van der Waals surface area contributed by atoms with Gasteiger partial charge in [-0.25, -0.2) is 4.99 Å². The molecular formula is C17H16F3N3O3. The van der Waals surface area contributed by atoms with E-state index in [-0.39, 0.29) is 5.75 Å². The van der Waals surface area contributed by atoms with Gasteiger partial charge in [0.1, 0.15) is 11.5 Å². The fraction of sp³-hybridized carbons (Fsp3) is 0.294. The van der Waals surface area contributed by atoms with Crippen molar-refractivity contribution >= 4 is 11.9 Å². The van der Waals surface area contributed by atoms with Crippen LogP contribution in [0.3, 0.4) is 0 Å². The molecule has 0 fully saturated rings. The van der Waals surface area contributed by atoms with Crippen molar-refractivity contribution in [3.05, 3.63) is 54.3 Å². The molecule has 3 rings (SSSR count). The molecule has 2 aliphatic heterocycles. The van der Waals surface area contributed by atoms with Crippen molar-refractivity contribution < 1.29 is 27.4 Å². The van der Waals surface area contributed by atoms with Crippen LogP contribution in [0.25, 0.3) is 0 Å². The highest BCUT2D eigenvalue weighted by Gasteiger charge is 2.43. The van der Waals surface area contributed by atoms with Crippen LogP contribution in [0.5, 0.6) is 5.75 Å². The van der Waals surface area contributed by atoms with E-state index < -0.39 is 24.4 Å². The van der Waals surface area contributed by atoms with Gasteiger partial charge in [0.25, 0.3) is 0 Å². The molecule has 0 saturated carbocycles. The molecule has 9 heteroatoms. The number of hydrogen-bond acceptors (Lipinski definition) is 6. The molecule has 0 bridgehead atoms. The molecule has 2 heterocycles. The third kappa shape index (κ3) is 3.63. The summed E-state index contributed by atoms with van der Waals surface area (Å²) in [7, 11) is 1.45. The number of alkyl halides is 3. The first-order chi connectivity index (χ1) is 12.3. The maximum atomic E-state index is 12.4. The minimum Gasteiger partial charge on any atom is -0.488 e. The van der Waals surface area contributed by atoms with E-state index in [1.165, 1.54) is 43.9 Å². The van der Waals surface area contributed by atoms with Crippen molar-refractivity contribution in [3.63, 3.8) is 0 Å². The molecule has 0 spiro atoms. The number of ether oxygens (including phenoxy) is 3. The standard InChI is InChI=1S/C17H16F3N3O3/c1-24-16(11-5-7-12(8-6-11)26-17(18,19)20)10-22-15(21)23-14(16)13-4-2-3-9-25-13/h2-10,13,15H,21H2,1H3. The fourth-order valence-electron chi connectivity index (χ4n) is 2.75. The lowest BCUT2D eigenvalue weighted by Crippen LogP contribution is -2.49. The van der Waals surface area contributed by atoms with Gasteiger partial charge in [0.15, 0.2) is 18.0 Å². The summed E-state index contributed by atoms with van der Waals surface area (Å²) < 4.78 is 52.2. The topological polar surface area (TPSA) is 78.4 Å². The minimum atomic E-state index is -4.76. The fourth-order valence-corrected chi connectivity index (χ4v) is 2.75. The summed E-state index contributed by atoms with van der Waals surface area (Å²) in [5.41, 5.74) is 5.51. The van der Waals surface area contributed by atoms with Crippen LogP contribution in [0.15, 0.2) is 58.7 Å². The summed E-state index contributed by atoms with van der Waals surface area (Å²) in [5.74, 6) is -0.341. The lowest BCUT2D eigenvalue weighted by atomic mass is 9.85. The number of rotatable bonds is 4. The normalized spacial score (nSPS) is 27.8. The van der Waals surface area contributed by atoms with Crippen molar-refractivity contribution in [2.45, 2.75) is 24.4 Å². The molecule has 0 radical (unpaired) electrons. The third-order valence-electron chi connectivity index (χ3n) is 3.87. The Bertz CT molecular complexity index is 772. The second kappa shape index (κ2) is 6.93. The number of benzene rings is 1. The summed E-state index contributed by atoms with van der Waals surface area (Å²) in [6.07, 6.45) is 2.12. The Balaban J connectivity index is 1.98. The molecule has 3 atom stereocenters. The van der Waals surface area contributed by atoms with Crippen molar-refractivity contribution in [3.8, 4) is 5.75 Å². The molecule has 138 valence electrons. The highest BCUT2D eigenvalue weighted by molar-refractivity contribution is 6.11. The summed E-state index contributed by atoms with van der Waals surface area (Å²) in [6, 6.07) is 5.29. The third-order valence-corrected chi connectivity index (χ3v) is 3.87. The van der Waals surface area contributed by atoms with Gasteiger partial charge in [-0.05, 0) is 29.8 Å². The lowest BCUT2D eigenvalue weighted by molar-refractivity contribution is -0.274. The molecule has 1 aromatic carbocycles. The maximum absolute atomic E-state index is 12.4. The summed E-state index contributed by atoms with van der Waals surface area (Å²) in [6.45, 7) is 0. The lowest BCUT2D eigenvalue weighted by Gasteiger charge is -2.36. The van der Waals surface area contributed by atoms with Gasteiger partial charge in [-0.1, -0.05) is 18.2 Å². The SMILES string of the molecule is COC1(c2ccc(OC(F)(F)F)cc2)C=NC(N)N=C1C1C=CC=CO1. The molecule has 26 heavy (non-hydrogen) atoms. The minimum absolute atomic E-state index is 0.341. The molecule has 1 aromatic rings. The van der Waals surface area contributed by atoms with Crippen molar-refractivity contribution in [2.24, 2.45) is 15.7 Å². The van der Waals surface area contributed by atoms with Crippen molar-refractivity contribution in [1.29, 1.82) is 0 Å². The zero-order chi connectivity index (χ0) is 18.8. The molecule has 0 aliphatic carbocycles. The van der Waals surface area contributed by atoms with E-state index in [0.717, 1.165) is 0 Å². The zero-order valence-corrected chi connectivity index (χ0v) is 13.7. The molecule has 2 aliphatic rings. The van der Waals surface area contributed by atoms with Gasteiger partial charge in [0, 0.05) is 13.3 Å². The predicted octanol–water partition coefficient (Wildman–Crippen LogP) is 2.66. The van der Waals surface area contributed by atoms with E-state index in [0.29, 0.717) is 11.3 Å². The van der Waals surface area contributed by atoms with Crippen LogP contribution in [0.4, 0.5) is 13.2 Å². The van der Waals surface area contributed by atoms with Crippen LogP contribution in [0.2, 0.25) is 0 Å². The van der Waals surface area contributed by atoms with Gasteiger partial charge in [0.2, 0.25) is 0 Å². The Labute approximate surface area is 147 Å². The first-order valence-electron chi connectivity index (χ1n) is 7.62. The van der Waals surface area contributed by atoms with Gasteiger partial charge in [-0.15, -0.1) is 13.2 Å². The quantitative estimate of drug-likeness (QED) is 0.888. The summed E-state index contributed by atoms with van der Waals surface area (Å²) in [5, 5.41) is 0. The van der Waals surface area contributed by atoms with Crippen molar-refractivity contribution in [1.82, 2.24) is 0 Å². The highest BCUT2D eigenvalue weighted by Crippen LogP contribution is 2.33. The summed E-state index contributed by atoms with van der Waals surface area (Å²) >= 11 is 0. The molecule has 0 amide bonds. The molecular weight excluding hydrogens is 351 g/mol. The van der Waals surface area contributed by atoms with Crippen LogP contribution in [0.1, 0.15) is 5.56 Å². The smallest absolute Gasteiger partial charge is 0.488 e. The molecule has 3 unspecified atom stereocenters. The van der Waals surface area contributed by atoms with E-state index in [4.69, 9.17) is 15.2 Å². The van der Waals surface area contributed by atoms with E-state index in [1.807, 2.05) is 0 Å². The van der Waals surface area contributed by atoms with Gasteiger partial charge in [-0.2, -0.15) is 0 Å². The number of allylic oxidation sites excluding steroid dienone is 2. The Kier molecular flexibility index (Phi) is 4.84. The first kappa shape index (κ1) is 18.2. The first-order valence-corrected chi connectivity index (χ1v) is 7.62. The van der Waals surface area contributed by atoms with Crippen molar-refractivity contribution in [2.75, 3.05) is 7.11 Å². The van der Waals surface area contributed by atoms with Crippen LogP contribution >= 0.6 is 0 Å². The monoisotopic (exact) mass is 367 g/mol. The second-order valence-electron chi connectivity index (χ2n) is 5.49. The van der Waals surface area contributed by atoms with Gasteiger partial charge < -0.3 is 14.2 Å². The molecule has 2 N–H and O–H groups in total. The van der Waals surface area contributed by atoms with E-state index in [1.54, 1.807) is 18.2 Å². The molecule has 6 nitrogen and oxygen atoms in total. The Hall–Kier alpha value is -2.65. The Morgan fingerprint density at radius 2 is 1.92 bits per heavy atom. The number of hydrogen-bond donors (Lipinski definition) is 1. The van der Waals surface area contributed by atoms with E-state index in [2.05, 4.69) is 14.7 Å². The zero-order valence-electron chi connectivity index (χ0n) is 13.7. The largest absolute Gasteiger partial charge is 0.573 e. The van der Waals surface area contributed by atoms with Gasteiger partial charge in [-0.3, -0.25) is 10.7 Å². The van der Waals surface area contributed by atoms with Crippen LogP contribution in [-0.4, -0.2) is 37.8 Å². The average Bonchev–Trinajstić information content (AvgIpc) is 2.62. The maximum Gasteiger partial charge on any atom is 0.573 e. The Morgan fingerprint density at radius 1 is 1.19 bits per heavy atom.